The summed E-state index contributed by atoms with van der Waals surface area (Å²) in [7, 11) is 0. The zero-order chi connectivity index (χ0) is 18.1. The number of hydrogen-bond donors (Lipinski definition) is 1. The van der Waals surface area contributed by atoms with Crippen LogP contribution in [0.2, 0.25) is 0 Å². The normalized spacial score (nSPS) is 19.8. The van der Waals surface area contributed by atoms with E-state index < -0.39 is 0 Å². The van der Waals surface area contributed by atoms with Crippen molar-refractivity contribution in [2.75, 3.05) is 32.8 Å². The smallest absolute Gasteiger partial charge is 0.185 e. The van der Waals surface area contributed by atoms with Crippen molar-refractivity contribution in [1.29, 1.82) is 0 Å². The van der Waals surface area contributed by atoms with E-state index >= 15 is 0 Å². The number of aliphatic imine (C=N–C) groups is 1. The molecule has 1 rings (SSSR count). The summed E-state index contributed by atoms with van der Waals surface area (Å²) in [5.74, 6) is 0. The van der Waals surface area contributed by atoms with Gasteiger partial charge in [-0.05, 0) is 12.8 Å². The molecular formula is C22H45N2O+. The van der Waals surface area contributed by atoms with Crippen LogP contribution in [0.25, 0.3) is 0 Å². The first kappa shape index (κ1) is 22.6. The van der Waals surface area contributed by atoms with Gasteiger partial charge in [-0.2, -0.15) is 0 Å². The number of nitrogens with zero attached hydrogens (tertiary/aromatic N) is 2. The van der Waals surface area contributed by atoms with Gasteiger partial charge in [-0.15, -0.1) is 0 Å². The van der Waals surface area contributed by atoms with Gasteiger partial charge in [0.05, 0.1) is 19.7 Å². The molecule has 0 saturated heterocycles. The summed E-state index contributed by atoms with van der Waals surface area (Å²) in [6, 6.07) is 0. The Balaban J connectivity index is 1.79. The van der Waals surface area contributed by atoms with Crippen LogP contribution in [0.3, 0.4) is 0 Å². The maximum Gasteiger partial charge on any atom is 0.185 e. The van der Waals surface area contributed by atoms with Crippen molar-refractivity contribution >= 4 is 6.34 Å². The van der Waals surface area contributed by atoms with Crippen molar-refractivity contribution in [3.05, 3.63) is 0 Å². The highest BCUT2D eigenvalue weighted by Crippen LogP contribution is 2.15. The van der Waals surface area contributed by atoms with E-state index in [-0.39, 0.29) is 6.61 Å². The Hall–Kier alpha value is -0.410. The molecule has 1 aliphatic heterocycles. The molecule has 0 aromatic rings. The lowest BCUT2D eigenvalue weighted by molar-refractivity contribution is -0.829. The van der Waals surface area contributed by atoms with Crippen molar-refractivity contribution in [2.24, 2.45) is 4.99 Å². The van der Waals surface area contributed by atoms with E-state index in [1.165, 1.54) is 103 Å². The molecule has 1 unspecified atom stereocenters. The molecule has 0 spiro atoms. The summed E-state index contributed by atoms with van der Waals surface area (Å²) < 4.78 is 0.926. The monoisotopic (exact) mass is 353 g/mol. The Morgan fingerprint density at radius 2 is 1.20 bits per heavy atom. The van der Waals surface area contributed by atoms with Crippen LogP contribution >= 0.6 is 0 Å². The third-order valence-corrected chi connectivity index (χ3v) is 5.75. The zero-order valence-corrected chi connectivity index (χ0v) is 17.1. The first-order chi connectivity index (χ1) is 12.3. The maximum atomic E-state index is 9.24. The Morgan fingerprint density at radius 3 is 1.60 bits per heavy atom. The van der Waals surface area contributed by atoms with Gasteiger partial charge in [-0.25, -0.2) is 4.99 Å². The summed E-state index contributed by atoms with van der Waals surface area (Å²) >= 11 is 0. The second-order valence-corrected chi connectivity index (χ2v) is 8.08. The van der Waals surface area contributed by atoms with Gasteiger partial charge in [-0.1, -0.05) is 90.4 Å². The number of aliphatic hydroxyl groups is 1. The largest absolute Gasteiger partial charge is 0.390 e. The van der Waals surface area contributed by atoms with Crippen LogP contribution in [0.1, 0.15) is 103 Å². The first-order valence-corrected chi connectivity index (χ1v) is 11.3. The lowest BCUT2D eigenvalue weighted by atomic mass is 10.0. The third kappa shape index (κ3) is 11.8. The lowest BCUT2D eigenvalue weighted by Gasteiger charge is -2.29. The maximum absolute atomic E-state index is 9.24. The van der Waals surface area contributed by atoms with Crippen LogP contribution in [-0.2, 0) is 0 Å². The number of quaternary nitrogens is 1. The van der Waals surface area contributed by atoms with E-state index in [4.69, 9.17) is 0 Å². The molecule has 0 radical (unpaired) electrons. The van der Waals surface area contributed by atoms with Crippen LogP contribution in [0.15, 0.2) is 4.99 Å². The molecule has 0 aliphatic carbocycles. The van der Waals surface area contributed by atoms with Gasteiger partial charge < -0.3 is 5.11 Å². The Kier molecular flexibility index (Phi) is 14.3. The molecule has 1 atom stereocenters. The Morgan fingerprint density at radius 1 is 0.720 bits per heavy atom. The molecule has 0 bridgehead atoms. The van der Waals surface area contributed by atoms with Crippen molar-refractivity contribution < 1.29 is 9.59 Å². The summed E-state index contributed by atoms with van der Waals surface area (Å²) in [5, 5.41) is 9.24. The Labute approximate surface area is 157 Å². The Bertz CT molecular complexity index is 319. The summed E-state index contributed by atoms with van der Waals surface area (Å²) in [6.45, 7) is 6.63. The second-order valence-electron chi connectivity index (χ2n) is 8.08. The summed E-state index contributed by atoms with van der Waals surface area (Å²) in [4.78, 5) is 4.38. The lowest BCUT2D eigenvalue weighted by Crippen LogP contribution is -2.48. The van der Waals surface area contributed by atoms with E-state index in [9.17, 15) is 5.11 Å². The second kappa shape index (κ2) is 15.8. The minimum absolute atomic E-state index is 0.282. The van der Waals surface area contributed by atoms with E-state index in [0.29, 0.717) is 0 Å². The molecule has 3 heteroatoms. The van der Waals surface area contributed by atoms with Crippen molar-refractivity contribution in [2.45, 2.75) is 103 Å². The minimum atomic E-state index is 0.282. The van der Waals surface area contributed by atoms with Crippen molar-refractivity contribution in [3.8, 4) is 0 Å². The van der Waals surface area contributed by atoms with E-state index in [1.807, 2.05) is 0 Å². The number of unbranched alkanes of at least 4 members (excludes halogenated alkanes) is 14. The quantitative estimate of drug-likeness (QED) is 0.248. The number of rotatable bonds is 18. The molecule has 25 heavy (non-hydrogen) atoms. The number of aliphatic hydroxyl groups excluding tert-OH is 1. The molecule has 148 valence electrons. The molecule has 0 saturated carbocycles. The minimum Gasteiger partial charge on any atom is -0.390 e. The molecule has 0 aromatic carbocycles. The van der Waals surface area contributed by atoms with Gasteiger partial charge >= 0.3 is 0 Å². The van der Waals surface area contributed by atoms with Gasteiger partial charge in [0.1, 0.15) is 13.1 Å². The molecule has 0 aromatic heterocycles. The van der Waals surface area contributed by atoms with Crippen molar-refractivity contribution in [1.82, 2.24) is 0 Å². The average Bonchev–Trinajstić information content (AvgIpc) is 3.07. The number of hydrogen-bond acceptors (Lipinski definition) is 2. The fraction of sp³-hybridized carbons (Fsp3) is 0.955. The molecular weight excluding hydrogens is 308 g/mol. The van der Waals surface area contributed by atoms with Crippen LogP contribution in [-0.4, -0.2) is 48.7 Å². The molecule has 0 amide bonds. The van der Waals surface area contributed by atoms with E-state index in [0.717, 1.165) is 24.1 Å². The molecule has 1 heterocycles. The summed E-state index contributed by atoms with van der Waals surface area (Å²) in [5.41, 5.74) is 0. The average molecular weight is 354 g/mol. The predicted molar refractivity (Wildman–Crippen MR) is 110 cm³/mol. The van der Waals surface area contributed by atoms with Gasteiger partial charge in [-0.3, -0.25) is 4.48 Å². The standard InChI is InChI=1S/C22H45N2O/c1-2-3-4-5-6-7-8-9-10-11-12-13-14-15-16-18-24(20-21-25)19-17-23-22-24/h22,25H,2-21H2,1H3/q+1. The highest BCUT2D eigenvalue weighted by Gasteiger charge is 2.27. The predicted octanol–water partition coefficient (Wildman–Crippen LogP) is 5.71. The topological polar surface area (TPSA) is 32.6 Å². The molecule has 0 fully saturated rings. The third-order valence-electron chi connectivity index (χ3n) is 5.75. The highest BCUT2D eigenvalue weighted by atomic mass is 16.3. The van der Waals surface area contributed by atoms with E-state index in [1.54, 1.807) is 0 Å². The fourth-order valence-corrected chi connectivity index (χ4v) is 3.99. The molecule has 1 N–H and O–H groups in total. The van der Waals surface area contributed by atoms with Crippen LogP contribution < -0.4 is 0 Å². The first-order valence-electron chi connectivity index (χ1n) is 11.3. The van der Waals surface area contributed by atoms with Crippen LogP contribution in [0, 0.1) is 0 Å². The van der Waals surface area contributed by atoms with Gasteiger partial charge in [0.2, 0.25) is 0 Å². The zero-order valence-electron chi connectivity index (χ0n) is 17.1. The highest BCUT2D eigenvalue weighted by molar-refractivity contribution is 5.48. The van der Waals surface area contributed by atoms with Gasteiger partial charge in [0, 0.05) is 0 Å². The van der Waals surface area contributed by atoms with Crippen LogP contribution in [0.4, 0.5) is 0 Å². The van der Waals surface area contributed by atoms with Gasteiger partial charge in [0.25, 0.3) is 0 Å². The van der Waals surface area contributed by atoms with Crippen LogP contribution in [0.5, 0.6) is 0 Å². The molecule has 1 aliphatic rings. The van der Waals surface area contributed by atoms with Crippen molar-refractivity contribution in [3.63, 3.8) is 0 Å². The molecule has 3 nitrogen and oxygen atoms in total. The van der Waals surface area contributed by atoms with Gasteiger partial charge in [0.15, 0.2) is 6.34 Å². The van der Waals surface area contributed by atoms with E-state index in [2.05, 4.69) is 18.3 Å². The fourth-order valence-electron chi connectivity index (χ4n) is 3.99. The SMILES string of the molecule is CCCCCCCCCCCCCCCCC[N+]1(CCO)C=NCC1. The summed E-state index contributed by atoms with van der Waals surface area (Å²) in [6.07, 6.45) is 23.3.